The maximum atomic E-state index is 5.86. The quantitative estimate of drug-likeness (QED) is 0.530. The first-order valence-corrected chi connectivity index (χ1v) is 9.30. The molecule has 0 aromatic heterocycles. The normalized spacial score (nSPS) is 16.5. The summed E-state index contributed by atoms with van der Waals surface area (Å²) in [6, 6.07) is 1.04. The van der Waals surface area contributed by atoms with E-state index < -0.39 is 8.56 Å². The van der Waals surface area contributed by atoms with Gasteiger partial charge in [0, 0.05) is 19.3 Å². The van der Waals surface area contributed by atoms with E-state index in [0.717, 1.165) is 45.3 Å². The Hall–Kier alpha value is -0.393. The van der Waals surface area contributed by atoms with Gasteiger partial charge in [0.05, 0.1) is 13.0 Å². The van der Waals surface area contributed by atoms with Crippen LogP contribution in [0.2, 0.25) is 12.6 Å². The van der Waals surface area contributed by atoms with E-state index in [1.807, 2.05) is 13.8 Å². The largest absolute Gasteiger partial charge is 0.395 e. The van der Waals surface area contributed by atoms with Crippen LogP contribution in [-0.4, -0.2) is 51.8 Å². The number of amidine groups is 1. The molecule has 0 bridgehead atoms. The van der Waals surface area contributed by atoms with E-state index in [2.05, 4.69) is 23.4 Å². The van der Waals surface area contributed by atoms with Crippen molar-refractivity contribution in [3.8, 4) is 0 Å². The second-order valence-electron chi connectivity index (χ2n) is 4.45. The lowest BCUT2D eigenvalue weighted by Gasteiger charge is -2.25. The molecule has 0 saturated carbocycles. The molecule has 5 heteroatoms. The molecule has 17 heavy (non-hydrogen) atoms. The van der Waals surface area contributed by atoms with E-state index >= 15 is 0 Å². The number of rotatable bonds is 8. The van der Waals surface area contributed by atoms with Crippen molar-refractivity contribution in [2.45, 2.75) is 39.8 Å². The molecule has 0 aromatic carbocycles. The molecule has 1 N–H and O–H groups in total. The van der Waals surface area contributed by atoms with Crippen molar-refractivity contribution in [3.63, 3.8) is 0 Å². The van der Waals surface area contributed by atoms with Gasteiger partial charge in [-0.3, -0.25) is 9.89 Å². The van der Waals surface area contributed by atoms with Crippen LogP contribution in [-0.2, 0) is 8.85 Å². The Balaban J connectivity index is 2.51. The molecule has 0 aliphatic carbocycles. The molecule has 0 unspecified atom stereocenters. The van der Waals surface area contributed by atoms with Crippen LogP contribution in [0.15, 0.2) is 0 Å². The van der Waals surface area contributed by atoms with Gasteiger partial charge < -0.3 is 8.85 Å². The van der Waals surface area contributed by atoms with Gasteiger partial charge in [-0.2, -0.15) is 0 Å². The zero-order chi connectivity index (χ0) is 12.7. The molecule has 0 atom stereocenters. The monoisotopic (exact) mass is 259 g/mol. The Morgan fingerprint density at radius 3 is 2.41 bits per heavy atom. The van der Waals surface area contributed by atoms with Gasteiger partial charge in [-0.15, -0.1) is 0 Å². The highest BCUT2D eigenvalue weighted by Crippen LogP contribution is 2.16. The summed E-state index contributed by atoms with van der Waals surface area (Å²) in [6.45, 7) is 13.3. The van der Waals surface area contributed by atoms with Gasteiger partial charge in [-0.05, 0) is 27.3 Å². The first-order valence-electron chi connectivity index (χ1n) is 6.77. The molecule has 4 nitrogen and oxygen atoms in total. The van der Waals surface area contributed by atoms with E-state index in [1.54, 1.807) is 0 Å². The van der Waals surface area contributed by atoms with E-state index in [0.29, 0.717) is 0 Å². The molecule has 0 radical (unpaired) electrons. The SMILES string of the molecule is CCO[Si](C)(CCC1=[N+](CC)CCN1)OCC. The predicted molar refractivity (Wildman–Crippen MR) is 73.0 cm³/mol. The molecule has 0 saturated heterocycles. The van der Waals surface area contributed by atoms with Gasteiger partial charge in [0.15, 0.2) is 0 Å². The van der Waals surface area contributed by atoms with Crippen LogP contribution in [0, 0.1) is 0 Å². The molecule has 0 amide bonds. The Bertz CT molecular complexity index is 263. The van der Waals surface area contributed by atoms with E-state index in [1.165, 1.54) is 5.84 Å². The lowest BCUT2D eigenvalue weighted by molar-refractivity contribution is -0.515. The number of hydrogen-bond donors (Lipinski definition) is 1. The van der Waals surface area contributed by atoms with E-state index in [4.69, 9.17) is 8.85 Å². The van der Waals surface area contributed by atoms with Crippen molar-refractivity contribution in [3.05, 3.63) is 0 Å². The molecule has 0 aromatic rings. The van der Waals surface area contributed by atoms with Crippen LogP contribution < -0.4 is 5.32 Å². The fourth-order valence-electron chi connectivity index (χ4n) is 2.32. The zero-order valence-corrected chi connectivity index (χ0v) is 12.7. The smallest absolute Gasteiger partial charge is 0.335 e. The predicted octanol–water partition coefficient (Wildman–Crippen LogP) is 1.56. The Labute approximate surface area is 106 Å². The summed E-state index contributed by atoms with van der Waals surface area (Å²) in [5.41, 5.74) is 0. The number of likely N-dealkylation sites (N-methyl/N-ethyl adjacent to an activating group) is 1. The van der Waals surface area contributed by atoms with E-state index in [9.17, 15) is 0 Å². The van der Waals surface area contributed by atoms with Crippen molar-refractivity contribution in [2.24, 2.45) is 0 Å². The maximum Gasteiger partial charge on any atom is 0.335 e. The maximum absolute atomic E-state index is 5.86. The van der Waals surface area contributed by atoms with Crippen molar-refractivity contribution in [1.82, 2.24) is 5.32 Å². The summed E-state index contributed by atoms with van der Waals surface area (Å²) < 4.78 is 14.1. The fourth-order valence-corrected chi connectivity index (χ4v) is 4.60. The minimum absolute atomic E-state index is 0.753. The number of nitrogens with zero attached hydrogens (tertiary/aromatic N) is 1. The third-order valence-corrected chi connectivity index (χ3v) is 6.15. The number of hydrogen-bond acceptors (Lipinski definition) is 3. The van der Waals surface area contributed by atoms with Gasteiger partial charge in [0.1, 0.15) is 13.1 Å². The van der Waals surface area contributed by atoms with Crippen molar-refractivity contribution in [2.75, 3.05) is 32.8 Å². The Morgan fingerprint density at radius 2 is 1.88 bits per heavy atom. The fraction of sp³-hybridized carbons (Fsp3) is 0.917. The first kappa shape index (κ1) is 14.7. The number of nitrogens with one attached hydrogen (secondary N) is 1. The lowest BCUT2D eigenvalue weighted by atomic mass is 10.4. The van der Waals surface area contributed by atoms with Crippen LogP contribution >= 0.6 is 0 Å². The highest BCUT2D eigenvalue weighted by molar-refractivity contribution is 6.66. The summed E-state index contributed by atoms with van der Waals surface area (Å²) in [4.78, 5) is 0. The van der Waals surface area contributed by atoms with E-state index in [-0.39, 0.29) is 0 Å². The first-order chi connectivity index (χ1) is 8.15. The summed E-state index contributed by atoms with van der Waals surface area (Å²) >= 11 is 0. The highest BCUT2D eigenvalue weighted by atomic mass is 28.4. The second-order valence-corrected chi connectivity index (χ2v) is 7.80. The lowest BCUT2D eigenvalue weighted by Crippen LogP contribution is -2.40. The zero-order valence-electron chi connectivity index (χ0n) is 11.7. The third kappa shape index (κ3) is 4.41. The average Bonchev–Trinajstić information content (AvgIpc) is 2.74. The molecular formula is C12H27N2O2Si+. The van der Waals surface area contributed by atoms with Crippen molar-refractivity contribution >= 4 is 14.4 Å². The third-order valence-electron chi connectivity index (χ3n) is 3.19. The molecule has 1 rings (SSSR count). The molecule has 1 heterocycles. The Morgan fingerprint density at radius 1 is 1.24 bits per heavy atom. The van der Waals surface area contributed by atoms with Crippen LogP contribution in [0.25, 0.3) is 0 Å². The van der Waals surface area contributed by atoms with Gasteiger partial charge >= 0.3 is 8.56 Å². The van der Waals surface area contributed by atoms with Crippen molar-refractivity contribution in [1.29, 1.82) is 0 Å². The standard InChI is InChI=1S/C12H26N2O2Si/c1-5-14-10-9-13-12(14)8-11-17(4,15-6-2)16-7-3/h5-11H2,1-4H3/p+1. The minimum Gasteiger partial charge on any atom is -0.395 e. The molecule has 0 fully saturated rings. The van der Waals surface area contributed by atoms with Gasteiger partial charge in [0.25, 0.3) is 0 Å². The second kappa shape index (κ2) is 7.13. The summed E-state index contributed by atoms with van der Waals surface area (Å²) in [5, 5.41) is 3.47. The summed E-state index contributed by atoms with van der Waals surface area (Å²) in [6.07, 6.45) is 1.05. The molecular weight excluding hydrogens is 232 g/mol. The van der Waals surface area contributed by atoms with Crippen LogP contribution in [0.4, 0.5) is 0 Å². The van der Waals surface area contributed by atoms with Crippen LogP contribution in [0.3, 0.4) is 0 Å². The molecule has 1 aliphatic heterocycles. The topological polar surface area (TPSA) is 33.5 Å². The molecule has 1 aliphatic rings. The molecule has 0 spiro atoms. The Kier molecular flexibility index (Phi) is 6.15. The minimum atomic E-state index is -1.95. The van der Waals surface area contributed by atoms with Crippen molar-refractivity contribution < 1.29 is 13.4 Å². The average molecular weight is 259 g/mol. The summed E-state index contributed by atoms with van der Waals surface area (Å²) in [7, 11) is -1.95. The van der Waals surface area contributed by atoms with Crippen LogP contribution in [0.1, 0.15) is 27.2 Å². The molecule has 100 valence electrons. The van der Waals surface area contributed by atoms with Crippen LogP contribution in [0.5, 0.6) is 0 Å². The van der Waals surface area contributed by atoms with Gasteiger partial charge in [-0.1, -0.05) is 0 Å². The van der Waals surface area contributed by atoms with Gasteiger partial charge in [-0.25, -0.2) is 0 Å². The summed E-state index contributed by atoms with van der Waals surface area (Å²) in [5.74, 6) is 1.37. The highest BCUT2D eigenvalue weighted by Gasteiger charge is 2.33. The van der Waals surface area contributed by atoms with Gasteiger partial charge in [0.2, 0.25) is 5.84 Å².